The highest BCUT2D eigenvalue weighted by Crippen LogP contribution is 2.43. The Labute approximate surface area is 65.4 Å². The molecule has 0 spiro atoms. The van der Waals surface area contributed by atoms with Gasteiger partial charge in [0.05, 0.1) is 5.56 Å². The molecule has 5 nitrogen and oxygen atoms in total. The van der Waals surface area contributed by atoms with E-state index >= 15 is 0 Å². The monoisotopic (exact) mass is 182 g/mol. The first kappa shape index (κ1) is 11.1. The van der Waals surface area contributed by atoms with Crippen molar-refractivity contribution in [3.63, 3.8) is 0 Å². The van der Waals surface area contributed by atoms with E-state index in [-0.39, 0.29) is 6.42 Å². The van der Waals surface area contributed by atoms with Crippen LogP contribution in [0.15, 0.2) is 0 Å². The first-order valence-electron chi connectivity index (χ1n) is 3.31. The lowest BCUT2D eigenvalue weighted by atomic mass is 9.83. The molecule has 1 unspecified atom stereocenters. The molecule has 4 N–H and O–H groups in total. The third-order valence-electron chi connectivity index (χ3n) is 1.36. The maximum absolute atomic E-state index is 10.5. The zero-order valence-corrected chi connectivity index (χ0v) is 7.11. The molecule has 0 aliphatic rings. The molecule has 11 heavy (non-hydrogen) atoms. The van der Waals surface area contributed by atoms with Crippen LogP contribution in [0.2, 0.25) is 0 Å². The summed E-state index contributed by atoms with van der Waals surface area (Å²) >= 11 is 0. The minimum atomic E-state index is -4.35. The Morgan fingerprint density at radius 1 is 1.45 bits per heavy atom. The van der Waals surface area contributed by atoms with Gasteiger partial charge in [-0.25, -0.2) is 0 Å². The second-order valence-corrected chi connectivity index (χ2v) is 4.20. The Morgan fingerprint density at radius 2 is 1.91 bits per heavy atom. The summed E-state index contributed by atoms with van der Waals surface area (Å²) in [6.45, 7) is 1.71. The molecule has 0 aliphatic carbocycles. The molecule has 0 saturated carbocycles. The van der Waals surface area contributed by atoms with E-state index in [1.54, 1.807) is 6.92 Å². The van der Waals surface area contributed by atoms with Gasteiger partial charge in [0, 0.05) is 0 Å². The summed E-state index contributed by atoms with van der Waals surface area (Å²) < 4.78 is 10.5. The molecule has 0 fully saturated rings. The maximum Gasteiger partial charge on any atom is 0.467 e. The number of rotatable bonds is 4. The Hall–Kier alpha value is 0.135. The summed E-state index contributed by atoms with van der Waals surface area (Å²) in [6, 6.07) is 0. The normalized spacial score (nSPS) is 14.6. The molecular weight excluding hydrogens is 170 g/mol. The summed E-state index contributed by atoms with van der Waals surface area (Å²) in [5.74, 6) is 0. The lowest BCUT2D eigenvalue weighted by Crippen LogP contribution is -2.30. The molecule has 0 saturated heterocycles. The van der Waals surface area contributed by atoms with Gasteiger partial charge in [0.15, 0.2) is 0 Å². The van der Waals surface area contributed by atoms with Gasteiger partial charge in [-0.15, -0.1) is 0 Å². The molecule has 0 amide bonds. The summed E-state index contributed by atoms with van der Waals surface area (Å²) in [4.78, 5) is 17.1. The van der Waals surface area contributed by atoms with Gasteiger partial charge in [0.25, 0.3) is 0 Å². The van der Waals surface area contributed by atoms with Gasteiger partial charge >= 0.3 is 14.7 Å². The minimum Gasteiger partial charge on any atom is -0.426 e. The molecular formula is C4H12BO5P. The van der Waals surface area contributed by atoms with Gasteiger partial charge in [-0.3, -0.25) is 4.57 Å². The van der Waals surface area contributed by atoms with E-state index in [2.05, 4.69) is 0 Å². The first-order chi connectivity index (χ1) is 4.89. The lowest BCUT2D eigenvalue weighted by Gasteiger charge is -2.15. The van der Waals surface area contributed by atoms with Crippen molar-refractivity contribution in [1.29, 1.82) is 0 Å². The number of hydrogen-bond donors (Lipinski definition) is 4. The molecule has 0 aromatic carbocycles. The van der Waals surface area contributed by atoms with E-state index < -0.39 is 20.3 Å². The topological polar surface area (TPSA) is 98.0 Å². The molecule has 0 bridgehead atoms. The van der Waals surface area contributed by atoms with E-state index in [0.717, 1.165) is 0 Å². The zero-order valence-electron chi connectivity index (χ0n) is 6.21. The van der Waals surface area contributed by atoms with Gasteiger partial charge in [-0.05, 0) is 6.42 Å². The summed E-state index contributed by atoms with van der Waals surface area (Å²) in [5.41, 5.74) is -1.34. The molecule has 66 valence electrons. The SMILES string of the molecule is CCCC(B(O)O)P(=O)(O)O. The van der Waals surface area contributed by atoms with Crippen LogP contribution in [-0.2, 0) is 4.57 Å². The fraction of sp³-hybridized carbons (Fsp3) is 1.00. The highest BCUT2D eigenvalue weighted by Gasteiger charge is 2.37. The molecule has 0 aliphatic heterocycles. The van der Waals surface area contributed by atoms with Crippen molar-refractivity contribution >= 4 is 14.7 Å². The smallest absolute Gasteiger partial charge is 0.426 e. The van der Waals surface area contributed by atoms with Gasteiger partial charge in [-0.2, -0.15) is 0 Å². The van der Waals surface area contributed by atoms with Gasteiger partial charge in [0.2, 0.25) is 0 Å². The van der Waals surface area contributed by atoms with Gasteiger partial charge in [0.1, 0.15) is 0 Å². The Bertz CT molecular complexity index is 155. The maximum atomic E-state index is 10.5. The van der Waals surface area contributed by atoms with Crippen LogP contribution in [0.25, 0.3) is 0 Å². The average molecular weight is 182 g/mol. The van der Waals surface area contributed by atoms with Crippen LogP contribution >= 0.6 is 7.60 Å². The highest BCUT2D eigenvalue weighted by atomic mass is 31.2. The molecule has 7 heteroatoms. The lowest BCUT2D eigenvalue weighted by molar-refractivity contribution is 0.342. The van der Waals surface area contributed by atoms with Crippen LogP contribution in [0.5, 0.6) is 0 Å². The van der Waals surface area contributed by atoms with Crippen molar-refractivity contribution in [2.75, 3.05) is 0 Å². The van der Waals surface area contributed by atoms with Gasteiger partial charge in [-0.1, -0.05) is 13.3 Å². The minimum absolute atomic E-state index is 0.113. The van der Waals surface area contributed by atoms with E-state index in [1.165, 1.54) is 0 Å². The molecule has 0 aromatic rings. The number of hydrogen-bond acceptors (Lipinski definition) is 3. The Kier molecular flexibility index (Phi) is 4.28. The third kappa shape index (κ3) is 3.89. The van der Waals surface area contributed by atoms with Crippen LogP contribution in [0.1, 0.15) is 19.8 Å². The van der Waals surface area contributed by atoms with Crippen molar-refractivity contribution in [2.45, 2.75) is 25.3 Å². The molecule has 1 atom stereocenters. The van der Waals surface area contributed by atoms with Crippen molar-refractivity contribution in [3.05, 3.63) is 0 Å². The van der Waals surface area contributed by atoms with E-state index in [4.69, 9.17) is 19.8 Å². The van der Waals surface area contributed by atoms with E-state index in [9.17, 15) is 4.57 Å². The summed E-state index contributed by atoms with van der Waals surface area (Å²) in [6.07, 6.45) is 0.620. The van der Waals surface area contributed by atoms with Crippen molar-refractivity contribution in [3.8, 4) is 0 Å². The summed E-state index contributed by atoms with van der Waals surface area (Å²) in [5, 5.41) is 17.1. The molecule has 0 rings (SSSR count). The first-order valence-corrected chi connectivity index (χ1v) is 4.99. The summed E-state index contributed by atoms with van der Waals surface area (Å²) in [7, 11) is -6.28. The van der Waals surface area contributed by atoms with E-state index in [1.807, 2.05) is 0 Å². The fourth-order valence-corrected chi connectivity index (χ4v) is 1.73. The van der Waals surface area contributed by atoms with Crippen LogP contribution in [0.3, 0.4) is 0 Å². The average Bonchev–Trinajstić information content (AvgIpc) is 1.79. The highest BCUT2D eigenvalue weighted by molar-refractivity contribution is 7.55. The molecule has 0 radical (unpaired) electrons. The van der Waals surface area contributed by atoms with Crippen LogP contribution < -0.4 is 0 Å². The van der Waals surface area contributed by atoms with Crippen LogP contribution in [0.4, 0.5) is 0 Å². The van der Waals surface area contributed by atoms with Crippen molar-refractivity contribution < 1.29 is 24.4 Å². The van der Waals surface area contributed by atoms with Crippen LogP contribution in [-0.4, -0.2) is 32.5 Å². The zero-order chi connectivity index (χ0) is 9.07. The molecule has 0 heterocycles. The largest absolute Gasteiger partial charge is 0.467 e. The predicted octanol–water partition coefficient (Wildman–Crippen LogP) is -0.655. The second kappa shape index (κ2) is 4.23. The Morgan fingerprint density at radius 3 is 2.00 bits per heavy atom. The van der Waals surface area contributed by atoms with Gasteiger partial charge < -0.3 is 19.8 Å². The predicted molar refractivity (Wildman–Crippen MR) is 40.9 cm³/mol. The molecule has 0 aromatic heterocycles. The van der Waals surface area contributed by atoms with E-state index in [0.29, 0.717) is 6.42 Å². The van der Waals surface area contributed by atoms with Crippen LogP contribution in [0, 0.1) is 0 Å². The standard InChI is InChI=1S/C4H12BO5P/c1-2-3-4(5(6)7)11(8,9)10/h4,6-7H,2-3H2,1H3,(H2,8,9,10). The van der Waals surface area contributed by atoms with Crippen molar-refractivity contribution in [1.82, 2.24) is 0 Å². The fourth-order valence-electron chi connectivity index (χ4n) is 0.787. The quantitative estimate of drug-likeness (QED) is 0.342. The second-order valence-electron chi connectivity index (χ2n) is 2.36. The van der Waals surface area contributed by atoms with Crippen molar-refractivity contribution in [2.24, 2.45) is 0 Å². The third-order valence-corrected chi connectivity index (χ3v) is 2.75. The Balaban J connectivity index is 4.23.